The van der Waals surface area contributed by atoms with Crippen molar-refractivity contribution in [3.8, 4) is 22.6 Å². The molecule has 0 spiro atoms. The molecule has 1 N–H and O–H groups in total. The molecule has 3 heteroatoms. The van der Waals surface area contributed by atoms with Crippen molar-refractivity contribution >= 4 is 0 Å². The molecule has 3 aromatic rings. The molecule has 0 fully saturated rings. The maximum atomic E-state index is 4.46. The van der Waals surface area contributed by atoms with Crippen LogP contribution >= 0.6 is 0 Å². The van der Waals surface area contributed by atoms with E-state index in [1.54, 1.807) is 6.20 Å². The zero-order valence-corrected chi connectivity index (χ0v) is 15.1. The first-order valence-electron chi connectivity index (χ1n) is 8.69. The Hall–Kier alpha value is -2.42. The Morgan fingerprint density at radius 3 is 2.38 bits per heavy atom. The smallest absolute Gasteiger partial charge is 0.139 e. The molecule has 0 aliphatic carbocycles. The zero-order valence-electron chi connectivity index (χ0n) is 15.1. The molecule has 1 aromatic carbocycles. The summed E-state index contributed by atoms with van der Waals surface area (Å²) in [5.41, 5.74) is 5.45. The number of H-pyrrole nitrogens is 1. The second kappa shape index (κ2) is 9.02. The van der Waals surface area contributed by atoms with E-state index in [9.17, 15) is 0 Å². The monoisotopic (exact) mass is 321 g/mol. The number of pyridine rings is 1. The number of hydrogen-bond donors (Lipinski definition) is 1. The lowest BCUT2D eigenvalue weighted by Gasteiger charge is -2.01. The maximum absolute atomic E-state index is 4.46. The van der Waals surface area contributed by atoms with Crippen molar-refractivity contribution < 1.29 is 0 Å². The predicted octanol–water partition coefficient (Wildman–Crippen LogP) is 5.95. The summed E-state index contributed by atoms with van der Waals surface area (Å²) >= 11 is 0. The van der Waals surface area contributed by atoms with Gasteiger partial charge in [0.25, 0.3) is 0 Å². The third-order valence-corrected chi connectivity index (χ3v) is 3.87. The van der Waals surface area contributed by atoms with E-state index in [1.807, 2.05) is 25.3 Å². The molecule has 0 radical (unpaired) electrons. The van der Waals surface area contributed by atoms with Crippen LogP contribution in [0.2, 0.25) is 0 Å². The van der Waals surface area contributed by atoms with Gasteiger partial charge < -0.3 is 4.98 Å². The Morgan fingerprint density at radius 1 is 0.958 bits per heavy atom. The van der Waals surface area contributed by atoms with Gasteiger partial charge in [0.1, 0.15) is 5.82 Å². The number of unbranched alkanes of at least 4 members (excludes halogenated alkanes) is 2. The normalized spacial score (nSPS) is 10.2. The van der Waals surface area contributed by atoms with Gasteiger partial charge >= 0.3 is 0 Å². The molecule has 3 nitrogen and oxygen atoms in total. The minimum absolute atomic E-state index is 0.863. The van der Waals surface area contributed by atoms with Gasteiger partial charge in [-0.3, -0.25) is 4.98 Å². The van der Waals surface area contributed by atoms with Crippen molar-refractivity contribution in [3.05, 3.63) is 60.0 Å². The lowest BCUT2D eigenvalue weighted by atomic mass is 10.1. The molecule has 0 aliphatic heterocycles. The Balaban J connectivity index is 0.000000368. The van der Waals surface area contributed by atoms with Gasteiger partial charge in [-0.1, -0.05) is 56.9 Å². The highest BCUT2D eigenvalue weighted by Gasteiger charge is 2.07. The molecule has 3 rings (SSSR count). The van der Waals surface area contributed by atoms with Crippen LogP contribution in [0.4, 0.5) is 0 Å². The van der Waals surface area contributed by atoms with Gasteiger partial charge in [-0.15, -0.1) is 0 Å². The standard InChI is InChI=1S/C16H15N3.C5H12/c1-11-5-3-6-13(9-11)15-10-18-16(19-15)14-7-4-8-17-12(14)2;1-3-5-4-2/h3-10H,1-2H3,(H,18,19);3-5H2,1-2H3. The molecule has 0 saturated carbocycles. The Morgan fingerprint density at radius 2 is 1.75 bits per heavy atom. The van der Waals surface area contributed by atoms with Crippen LogP contribution in [0.3, 0.4) is 0 Å². The van der Waals surface area contributed by atoms with Crippen LogP contribution in [0.1, 0.15) is 44.4 Å². The van der Waals surface area contributed by atoms with E-state index in [4.69, 9.17) is 0 Å². The van der Waals surface area contributed by atoms with Crippen molar-refractivity contribution in [2.24, 2.45) is 0 Å². The van der Waals surface area contributed by atoms with Gasteiger partial charge in [0.2, 0.25) is 0 Å². The molecular formula is C21H27N3. The highest BCUT2D eigenvalue weighted by atomic mass is 14.9. The fourth-order valence-electron chi connectivity index (χ4n) is 2.51. The molecule has 0 atom stereocenters. The number of rotatable bonds is 4. The summed E-state index contributed by atoms with van der Waals surface area (Å²) in [5, 5.41) is 0. The molecule has 2 aromatic heterocycles. The van der Waals surface area contributed by atoms with Gasteiger partial charge in [-0.25, -0.2) is 4.98 Å². The highest BCUT2D eigenvalue weighted by Crippen LogP contribution is 2.23. The Kier molecular flexibility index (Phi) is 6.74. The number of aromatic nitrogens is 3. The highest BCUT2D eigenvalue weighted by molar-refractivity contribution is 5.65. The molecule has 0 aliphatic rings. The predicted molar refractivity (Wildman–Crippen MR) is 102 cm³/mol. The zero-order chi connectivity index (χ0) is 17.4. The van der Waals surface area contributed by atoms with Gasteiger partial charge in [-0.05, 0) is 37.6 Å². The Labute approximate surface area is 145 Å². The summed E-state index contributed by atoms with van der Waals surface area (Å²) in [5.74, 6) is 0.863. The van der Waals surface area contributed by atoms with Crippen LogP contribution < -0.4 is 0 Å². The minimum Gasteiger partial charge on any atom is -0.338 e. The van der Waals surface area contributed by atoms with E-state index in [0.29, 0.717) is 0 Å². The maximum Gasteiger partial charge on any atom is 0.139 e. The summed E-state index contributed by atoms with van der Waals surface area (Å²) in [6, 6.07) is 12.3. The van der Waals surface area contributed by atoms with Crippen LogP contribution in [-0.4, -0.2) is 15.0 Å². The van der Waals surface area contributed by atoms with Crippen molar-refractivity contribution in [2.45, 2.75) is 47.0 Å². The number of aromatic amines is 1. The number of nitrogens with one attached hydrogen (secondary N) is 1. The molecule has 0 amide bonds. The molecule has 126 valence electrons. The van der Waals surface area contributed by atoms with E-state index in [2.05, 4.69) is 60.0 Å². The van der Waals surface area contributed by atoms with Crippen molar-refractivity contribution in [1.29, 1.82) is 0 Å². The number of benzene rings is 1. The van der Waals surface area contributed by atoms with Crippen molar-refractivity contribution in [2.75, 3.05) is 0 Å². The second-order valence-corrected chi connectivity index (χ2v) is 6.00. The van der Waals surface area contributed by atoms with Gasteiger partial charge in [-0.2, -0.15) is 0 Å². The average Bonchev–Trinajstić information content (AvgIpc) is 3.06. The summed E-state index contributed by atoms with van der Waals surface area (Å²) in [6.45, 7) is 8.50. The van der Waals surface area contributed by atoms with E-state index >= 15 is 0 Å². The van der Waals surface area contributed by atoms with Gasteiger partial charge in [0, 0.05) is 17.5 Å². The topological polar surface area (TPSA) is 41.6 Å². The number of imidazole rings is 1. The summed E-state index contributed by atoms with van der Waals surface area (Å²) in [4.78, 5) is 12.1. The van der Waals surface area contributed by atoms with E-state index in [-0.39, 0.29) is 0 Å². The first-order chi connectivity index (χ1) is 11.7. The van der Waals surface area contributed by atoms with Crippen LogP contribution in [-0.2, 0) is 0 Å². The third kappa shape index (κ3) is 4.79. The second-order valence-electron chi connectivity index (χ2n) is 6.00. The summed E-state index contributed by atoms with van der Waals surface area (Å²) in [7, 11) is 0. The van der Waals surface area contributed by atoms with Crippen molar-refractivity contribution in [3.63, 3.8) is 0 Å². The largest absolute Gasteiger partial charge is 0.338 e. The van der Waals surface area contributed by atoms with E-state index in [1.165, 1.54) is 24.8 Å². The quantitative estimate of drug-likeness (QED) is 0.645. The summed E-state index contributed by atoms with van der Waals surface area (Å²) < 4.78 is 0. The molecule has 0 unspecified atom stereocenters. The minimum atomic E-state index is 0.863. The first-order valence-corrected chi connectivity index (χ1v) is 8.69. The number of aryl methyl sites for hydroxylation is 2. The fourth-order valence-corrected chi connectivity index (χ4v) is 2.51. The van der Waals surface area contributed by atoms with Crippen LogP contribution in [0, 0.1) is 13.8 Å². The third-order valence-electron chi connectivity index (χ3n) is 3.87. The Bertz CT molecular complexity index is 757. The van der Waals surface area contributed by atoms with Gasteiger partial charge in [0.15, 0.2) is 0 Å². The average molecular weight is 321 g/mol. The lowest BCUT2D eigenvalue weighted by molar-refractivity contribution is 0.772. The van der Waals surface area contributed by atoms with E-state index in [0.717, 1.165) is 28.3 Å². The first kappa shape index (κ1) is 17.9. The fraction of sp³-hybridized carbons (Fsp3) is 0.333. The molecule has 0 saturated heterocycles. The summed E-state index contributed by atoms with van der Waals surface area (Å²) in [6.07, 6.45) is 7.74. The SMILES string of the molecule is CCCCC.Cc1cccc(-c2cnc(-c3cccnc3C)[nH]2)c1. The van der Waals surface area contributed by atoms with E-state index < -0.39 is 0 Å². The molecule has 2 heterocycles. The lowest BCUT2D eigenvalue weighted by Crippen LogP contribution is -1.88. The molecule has 0 bridgehead atoms. The molecule has 24 heavy (non-hydrogen) atoms. The number of hydrogen-bond acceptors (Lipinski definition) is 2. The van der Waals surface area contributed by atoms with Gasteiger partial charge in [0.05, 0.1) is 11.9 Å². The van der Waals surface area contributed by atoms with Crippen LogP contribution in [0.15, 0.2) is 48.8 Å². The van der Waals surface area contributed by atoms with Crippen molar-refractivity contribution in [1.82, 2.24) is 15.0 Å². The number of nitrogens with zero attached hydrogens (tertiary/aromatic N) is 2. The van der Waals surface area contributed by atoms with Crippen LogP contribution in [0.25, 0.3) is 22.6 Å². The van der Waals surface area contributed by atoms with Crippen LogP contribution in [0.5, 0.6) is 0 Å². The molecular weight excluding hydrogens is 294 g/mol.